The fourth-order valence-corrected chi connectivity index (χ4v) is 4.50. The van der Waals surface area contributed by atoms with Crippen LogP contribution in [0.4, 0.5) is 5.13 Å². The van der Waals surface area contributed by atoms with Crippen LogP contribution < -0.4 is 9.64 Å². The average molecular weight is 382 g/mol. The molecule has 0 bridgehead atoms. The fourth-order valence-electron chi connectivity index (χ4n) is 3.47. The second-order valence-electron chi connectivity index (χ2n) is 6.84. The van der Waals surface area contributed by atoms with Gasteiger partial charge in [0.1, 0.15) is 11.3 Å². The number of anilines is 1. The van der Waals surface area contributed by atoms with E-state index in [1.807, 2.05) is 29.2 Å². The Kier molecular flexibility index (Phi) is 4.99. The largest absolute Gasteiger partial charge is 0.494 e. The molecule has 4 rings (SSSR count). The molecule has 2 aromatic carbocycles. The van der Waals surface area contributed by atoms with Gasteiger partial charge in [0.25, 0.3) is 0 Å². The van der Waals surface area contributed by atoms with Crippen molar-refractivity contribution in [2.45, 2.75) is 13.3 Å². The number of nitrogens with zero attached hydrogens (tertiary/aromatic N) is 3. The first kappa shape index (κ1) is 17.8. The van der Waals surface area contributed by atoms with Crippen LogP contribution in [0.1, 0.15) is 11.1 Å². The highest BCUT2D eigenvalue weighted by Gasteiger charge is 2.23. The number of benzene rings is 2. The fraction of sp³-hybridized carbons (Fsp3) is 0.333. The van der Waals surface area contributed by atoms with E-state index in [2.05, 4.69) is 30.0 Å². The summed E-state index contributed by atoms with van der Waals surface area (Å²) in [5.74, 6) is 1.01. The predicted octanol–water partition coefficient (Wildman–Crippen LogP) is 3.50. The minimum absolute atomic E-state index is 0.200. The molecule has 0 radical (unpaired) electrons. The van der Waals surface area contributed by atoms with Crippen molar-refractivity contribution in [3.05, 3.63) is 53.6 Å². The molecule has 3 aromatic rings. The number of hydrogen-bond acceptors (Lipinski definition) is 5. The SMILES string of the molecule is COc1cccc2sc(N3CCN(C(=O)Cc4cccc(C)c4)CC3)nc12. The summed E-state index contributed by atoms with van der Waals surface area (Å²) in [6.07, 6.45) is 0.472. The van der Waals surface area contributed by atoms with Gasteiger partial charge in [0.2, 0.25) is 5.91 Å². The van der Waals surface area contributed by atoms with E-state index in [1.165, 1.54) is 5.56 Å². The molecular formula is C21H23N3O2S. The predicted molar refractivity (Wildman–Crippen MR) is 110 cm³/mol. The molecule has 0 aliphatic carbocycles. The molecule has 0 atom stereocenters. The molecule has 27 heavy (non-hydrogen) atoms. The van der Waals surface area contributed by atoms with Crippen LogP contribution in [0.5, 0.6) is 5.75 Å². The van der Waals surface area contributed by atoms with Crippen molar-refractivity contribution in [1.29, 1.82) is 0 Å². The Hall–Kier alpha value is -2.60. The molecular weight excluding hydrogens is 358 g/mol. The molecule has 1 aliphatic heterocycles. The zero-order valence-electron chi connectivity index (χ0n) is 15.6. The van der Waals surface area contributed by atoms with Gasteiger partial charge in [-0.05, 0) is 24.6 Å². The Morgan fingerprint density at radius 1 is 1.15 bits per heavy atom. The van der Waals surface area contributed by atoms with Crippen LogP contribution in [0.3, 0.4) is 0 Å². The topological polar surface area (TPSA) is 45.7 Å². The monoisotopic (exact) mass is 381 g/mol. The Bertz CT molecular complexity index is 961. The van der Waals surface area contributed by atoms with E-state index in [9.17, 15) is 4.79 Å². The molecule has 0 unspecified atom stereocenters. The molecule has 1 fully saturated rings. The van der Waals surface area contributed by atoms with Gasteiger partial charge in [0.15, 0.2) is 5.13 Å². The maximum absolute atomic E-state index is 12.6. The van der Waals surface area contributed by atoms with Crippen LogP contribution in [0.25, 0.3) is 10.2 Å². The molecule has 2 heterocycles. The Morgan fingerprint density at radius 3 is 2.67 bits per heavy atom. The van der Waals surface area contributed by atoms with Gasteiger partial charge < -0.3 is 14.5 Å². The molecule has 1 saturated heterocycles. The quantitative estimate of drug-likeness (QED) is 0.694. The number of carbonyl (C=O) groups excluding carboxylic acids is 1. The molecule has 0 spiro atoms. The summed E-state index contributed by atoms with van der Waals surface area (Å²) in [6, 6.07) is 14.2. The summed E-state index contributed by atoms with van der Waals surface area (Å²) in [6.45, 7) is 5.14. The highest BCUT2D eigenvalue weighted by atomic mass is 32.1. The first-order valence-electron chi connectivity index (χ1n) is 9.16. The summed E-state index contributed by atoms with van der Waals surface area (Å²) < 4.78 is 6.54. The van der Waals surface area contributed by atoms with E-state index in [0.29, 0.717) is 6.42 Å². The summed E-state index contributed by atoms with van der Waals surface area (Å²) in [5.41, 5.74) is 3.19. The van der Waals surface area contributed by atoms with E-state index in [4.69, 9.17) is 9.72 Å². The van der Waals surface area contributed by atoms with Crippen LogP contribution in [0.15, 0.2) is 42.5 Å². The van der Waals surface area contributed by atoms with Crippen LogP contribution in [-0.4, -0.2) is 49.1 Å². The molecule has 0 N–H and O–H groups in total. The number of thiazole rings is 1. The molecule has 0 saturated carbocycles. The van der Waals surface area contributed by atoms with Crippen LogP contribution in [0.2, 0.25) is 0 Å². The molecule has 5 nitrogen and oxygen atoms in total. The number of carbonyl (C=O) groups is 1. The zero-order chi connectivity index (χ0) is 18.8. The zero-order valence-corrected chi connectivity index (χ0v) is 16.5. The summed E-state index contributed by atoms with van der Waals surface area (Å²) in [4.78, 5) is 21.6. The maximum Gasteiger partial charge on any atom is 0.227 e. The minimum atomic E-state index is 0.200. The lowest BCUT2D eigenvalue weighted by Gasteiger charge is -2.34. The van der Waals surface area contributed by atoms with Gasteiger partial charge in [-0.3, -0.25) is 4.79 Å². The van der Waals surface area contributed by atoms with Gasteiger partial charge in [0, 0.05) is 26.2 Å². The average Bonchev–Trinajstić information content (AvgIpc) is 3.12. The van der Waals surface area contributed by atoms with Crippen molar-refractivity contribution in [3.8, 4) is 5.75 Å². The Morgan fingerprint density at radius 2 is 1.93 bits per heavy atom. The lowest BCUT2D eigenvalue weighted by molar-refractivity contribution is -0.130. The van der Waals surface area contributed by atoms with Gasteiger partial charge in [-0.2, -0.15) is 0 Å². The number of aromatic nitrogens is 1. The van der Waals surface area contributed by atoms with E-state index < -0.39 is 0 Å². The highest BCUT2D eigenvalue weighted by molar-refractivity contribution is 7.22. The van der Waals surface area contributed by atoms with E-state index in [1.54, 1.807) is 18.4 Å². The van der Waals surface area contributed by atoms with E-state index in [-0.39, 0.29) is 5.91 Å². The van der Waals surface area contributed by atoms with Gasteiger partial charge >= 0.3 is 0 Å². The maximum atomic E-state index is 12.6. The van der Waals surface area contributed by atoms with Gasteiger partial charge in [0.05, 0.1) is 18.2 Å². The van der Waals surface area contributed by atoms with Gasteiger partial charge in [-0.1, -0.05) is 47.2 Å². The van der Waals surface area contributed by atoms with E-state index in [0.717, 1.165) is 52.8 Å². The number of ether oxygens (including phenoxy) is 1. The number of para-hydroxylation sites is 1. The third-order valence-corrected chi connectivity index (χ3v) is 6.01. The number of fused-ring (bicyclic) bond motifs is 1. The van der Waals surface area contributed by atoms with Crippen molar-refractivity contribution >= 4 is 32.6 Å². The molecule has 1 aromatic heterocycles. The molecule has 1 aliphatic rings. The number of aryl methyl sites for hydroxylation is 1. The van der Waals surface area contributed by atoms with Crippen LogP contribution in [-0.2, 0) is 11.2 Å². The van der Waals surface area contributed by atoms with Gasteiger partial charge in [-0.15, -0.1) is 0 Å². The number of piperazine rings is 1. The number of hydrogen-bond donors (Lipinski definition) is 0. The summed E-state index contributed by atoms with van der Waals surface area (Å²) in [5, 5.41) is 1.00. The lowest BCUT2D eigenvalue weighted by Crippen LogP contribution is -2.49. The lowest BCUT2D eigenvalue weighted by atomic mass is 10.1. The van der Waals surface area contributed by atoms with Crippen LogP contribution >= 0.6 is 11.3 Å². The van der Waals surface area contributed by atoms with Crippen molar-refractivity contribution in [2.24, 2.45) is 0 Å². The Labute approximate surface area is 163 Å². The van der Waals surface area contributed by atoms with Crippen molar-refractivity contribution in [2.75, 3.05) is 38.2 Å². The molecule has 140 valence electrons. The Balaban J connectivity index is 1.41. The van der Waals surface area contributed by atoms with Crippen molar-refractivity contribution in [3.63, 3.8) is 0 Å². The smallest absolute Gasteiger partial charge is 0.227 e. The standard InChI is InChI=1S/C21H23N3O2S/c1-15-5-3-6-16(13-15)14-19(25)23-9-11-24(12-10-23)21-22-20-17(26-2)7-4-8-18(20)27-21/h3-8,13H,9-12,14H2,1-2H3. The second kappa shape index (κ2) is 7.56. The second-order valence-corrected chi connectivity index (χ2v) is 7.85. The highest BCUT2D eigenvalue weighted by Crippen LogP contribution is 2.34. The van der Waals surface area contributed by atoms with Gasteiger partial charge in [-0.25, -0.2) is 4.98 Å². The van der Waals surface area contributed by atoms with Crippen LogP contribution in [0, 0.1) is 6.92 Å². The van der Waals surface area contributed by atoms with E-state index >= 15 is 0 Å². The number of amides is 1. The van der Waals surface area contributed by atoms with Crippen molar-refractivity contribution in [1.82, 2.24) is 9.88 Å². The summed E-state index contributed by atoms with van der Waals surface area (Å²) in [7, 11) is 1.67. The molecule has 1 amide bonds. The third-order valence-electron chi connectivity index (χ3n) is 4.93. The first-order chi connectivity index (χ1) is 13.1. The van der Waals surface area contributed by atoms with Crippen molar-refractivity contribution < 1.29 is 9.53 Å². The number of rotatable bonds is 4. The normalized spacial score (nSPS) is 14.6. The third kappa shape index (κ3) is 3.76. The minimum Gasteiger partial charge on any atom is -0.494 e. The first-order valence-corrected chi connectivity index (χ1v) is 9.97. The summed E-state index contributed by atoms with van der Waals surface area (Å²) >= 11 is 1.68. The molecule has 6 heteroatoms. The number of methoxy groups -OCH3 is 1.